The summed E-state index contributed by atoms with van der Waals surface area (Å²) >= 11 is 0. The lowest BCUT2D eigenvalue weighted by atomic mass is 9.94. The molecule has 1 fully saturated rings. The molecule has 1 aromatic rings. The maximum atomic E-state index is 12.4. The molecule has 21 heavy (non-hydrogen) atoms. The molecule has 6 heteroatoms. The van der Waals surface area contributed by atoms with Crippen molar-refractivity contribution >= 4 is 24.1 Å². The third kappa shape index (κ3) is 3.66. The minimum Gasteiger partial charge on any atom is -0.354 e. The Bertz CT molecular complexity index is 539. The summed E-state index contributed by atoms with van der Waals surface area (Å²) in [5.74, 6) is 0.325. The molecule has 2 unspecified atom stereocenters. The van der Waals surface area contributed by atoms with Crippen molar-refractivity contribution in [2.24, 2.45) is 5.92 Å². The molecule has 2 heterocycles. The number of aromatic amines is 1. The molecule has 0 saturated carbocycles. The number of amides is 1. The summed E-state index contributed by atoms with van der Waals surface area (Å²) in [6.07, 6.45) is 1.06. The summed E-state index contributed by atoms with van der Waals surface area (Å²) in [6, 6.07) is 0.139. The molecule has 2 rings (SSSR count). The minimum absolute atomic E-state index is 0. The highest BCUT2D eigenvalue weighted by Gasteiger charge is 2.25. The molecule has 1 aromatic heterocycles. The van der Waals surface area contributed by atoms with Crippen molar-refractivity contribution in [2.75, 3.05) is 13.1 Å². The highest BCUT2D eigenvalue weighted by Crippen LogP contribution is 2.19. The van der Waals surface area contributed by atoms with Crippen LogP contribution in [0.3, 0.4) is 0 Å². The van der Waals surface area contributed by atoms with Gasteiger partial charge in [0.05, 0.1) is 0 Å². The van der Waals surface area contributed by atoms with Gasteiger partial charge in [0.2, 0.25) is 0 Å². The Morgan fingerprint density at radius 2 is 1.95 bits per heavy atom. The molecule has 0 aliphatic carbocycles. The Hall–Kier alpha value is -1.33. The van der Waals surface area contributed by atoms with E-state index in [9.17, 15) is 9.59 Å². The van der Waals surface area contributed by atoms with E-state index >= 15 is 0 Å². The number of ketones is 1. The molecule has 3 N–H and O–H groups in total. The topological polar surface area (TPSA) is 74.0 Å². The molecule has 1 saturated heterocycles. The number of aryl methyl sites for hydroxylation is 1. The average Bonchev–Trinajstić information content (AvgIpc) is 2.67. The molecule has 1 aliphatic rings. The first kappa shape index (κ1) is 17.7. The first-order valence-electron chi connectivity index (χ1n) is 7.13. The number of hydrogen-bond donors (Lipinski definition) is 3. The van der Waals surface area contributed by atoms with Crippen LogP contribution in [0.4, 0.5) is 0 Å². The van der Waals surface area contributed by atoms with E-state index in [1.54, 1.807) is 0 Å². The summed E-state index contributed by atoms with van der Waals surface area (Å²) in [5.41, 5.74) is 2.63. The van der Waals surface area contributed by atoms with Crippen molar-refractivity contribution in [1.29, 1.82) is 0 Å². The monoisotopic (exact) mass is 313 g/mol. The first-order chi connectivity index (χ1) is 9.41. The van der Waals surface area contributed by atoms with Crippen LogP contribution in [0.2, 0.25) is 0 Å². The number of rotatable bonds is 3. The van der Waals surface area contributed by atoms with Gasteiger partial charge in [-0.2, -0.15) is 0 Å². The van der Waals surface area contributed by atoms with E-state index in [0.717, 1.165) is 30.8 Å². The fraction of sp³-hybridized carbons (Fsp3) is 0.600. The Labute approximate surface area is 131 Å². The summed E-state index contributed by atoms with van der Waals surface area (Å²) in [5, 5.41) is 6.35. The number of aromatic nitrogens is 1. The molecule has 0 bridgehead atoms. The molecular formula is C15H24ClN3O2. The maximum absolute atomic E-state index is 12.4. The number of nitrogens with one attached hydrogen (secondary N) is 3. The standard InChI is InChI=1S/C15H23N3O2.ClH/c1-8-5-6-16-7-12(8)18-15(20)14-9(2)13(11(4)19)10(3)17-14;/h8,12,16-17H,5-7H2,1-4H3,(H,18,20);1H. The zero-order valence-corrected chi connectivity index (χ0v) is 13.8. The van der Waals surface area contributed by atoms with Crippen molar-refractivity contribution in [3.63, 3.8) is 0 Å². The lowest BCUT2D eigenvalue weighted by Crippen LogP contribution is -2.50. The Morgan fingerprint density at radius 3 is 2.48 bits per heavy atom. The fourth-order valence-electron chi connectivity index (χ4n) is 2.93. The SMILES string of the molecule is CC(=O)c1c(C)[nH]c(C(=O)NC2CNCCC2C)c1C.Cl. The third-order valence-electron chi connectivity index (χ3n) is 4.16. The van der Waals surface area contributed by atoms with Gasteiger partial charge in [0.25, 0.3) is 5.91 Å². The van der Waals surface area contributed by atoms with Crippen LogP contribution in [0.1, 0.15) is 52.4 Å². The van der Waals surface area contributed by atoms with Gasteiger partial charge < -0.3 is 15.6 Å². The number of H-pyrrole nitrogens is 1. The zero-order valence-electron chi connectivity index (χ0n) is 13.0. The highest BCUT2D eigenvalue weighted by atomic mass is 35.5. The van der Waals surface area contributed by atoms with Crippen LogP contribution in [0, 0.1) is 19.8 Å². The Balaban J connectivity index is 0.00000220. The normalized spacial score (nSPS) is 21.5. The second-order valence-corrected chi connectivity index (χ2v) is 5.73. The van der Waals surface area contributed by atoms with Crippen LogP contribution in [-0.4, -0.2) is 35.8 Å². The van der Waals surface area contributed by atoms with E-state index in [-0.39, 0.29) is 30.1 Å². The van der Waals surface area contributed by atoms with Gasteiger partial charge in [-0.15, -0.1) is 12.4 Å². The van der Waals surface area contributed by atoms with Crippen molar-refractivity contribution in [1.82, 2.24) is 15.6 Å². The number of carbonyl (C=O) groups excluding carboxylic acids is 2. The van der Waals surface area contributed by atoms with Crippen molar-refractivity contribution in [2.45, 2.75) is 40.2 Å². The van der Waals surface area contributed by atoms with Crippen LogP contribution in [0.5, 0.6) is 0 Å². The lowest BCUT2D eigenvalue weighted by Gasteiger charge is -2.30. The summed E-state index contributed by atoms with van der Waals surface area (Å²) < 4.78 is 0. The van der Waals surface area contributed by atoms with Crippen LogP contribution in [0.25, 0.3) is 0 Å². The zero-order chi connectivity index (χ0) is 14.9. The Kier molecular flexibility index (Phi) is 5.98. The van der Waals surface area contributed by atoms with Crippen LogP contribution in [-0.2, 0) is 0 Å². The molecule has 1 amide bonds. The van der Waals surface area contributed by atoms with E-state index in [4.69, 9.17) is 0 Å². The van der Waals surface area contributed by atoms with E-state index < -0.39 is 0 Å². The van der Waals surface area contributed by atoms with E-state index in [1.165, 1.54) is 6.92 Å². The highest BCUT2D eigenvalue weighted by molar-refractivity contribution is 6.02. The number of Topliss-reactive ketones (excluding diaryl/α,β-unsaturated/α-hetero) is 1. The van der Waals surface area contributed by atoms with Gasteiger partial charge in [-0.1, -0.05) is 6.92 Å². The van der Waals surface area contributed by atoms with Crippen molar-refractivity contribution in [3.8, 4) is 0 Å². The van der Waals surface area contributed by atoms with Gasteiger partial charge >= 0.3 is 0 Å². The van der Waals surface area contributed by atoms with Crippen LogP contribution < -0.4 is 10.6 Å². The molecule has 0 aromatic carbocycles. The number of hydrogen-bond acceptors (Lipinski definition) is 3. The van der Waals surface area contributed by atoms with E-state index in [2.05, 4.69) is 22.5 Å². The van der Waals surface area contributed by atoms with Gasteiger partial charge in [0, 0.05) is 23.8 Å². The largest absolute Gasteiger partial charge is 0.354 e. The molecular weight excluding hydrogens is 290 g/mol. The molecule has 118 valence electrons. The smallest absolute Gasteiger partial charge is 0.268 e. The van der Waals surface area contributed by atoms with Crippen LogP contribution in [0.15, 0.2) is 0 Å². The number of carbonyl (C=O) groups is 2. The first-order valence-corrected chi connectivity index (χ1v) is 7.13. The maximum Gasteiger partial charge on any atom is 0.268 e. The second kappa shape index (κ2) is 7.09. The number of piperidine rings is 1. The molecule has 0 spiro atoms. The van der Waals surface area contributed by atoms with Crippen LogP contribution >= 0.6 is 12.4 Å². The lowest BCUT2D eigenvalue weighted by molar-refractivity contribution is 0.0910. The van der Waals surface area contributed by atoms with Gasteiger partial charge in [-0.3, -0.25) is 9.59 Å². The third-order valence-corrected chi connectivity index (χ3v) is 4.16. The summed E-state index contributed by atoms with van der Waals surface area (Å²) in [6.45, 7) is 9.12. The molecule has 0 radical (unpaired) electrons. The van der Waals surface area contributed by atoms with E-state index in [0.29, 0.717) is 17.2 Å². The summed E-state index contributed by atoms with van der Waals surface area (Å²) in [4.78, 5) is 27.0. The van der Waals surface area contributed by atoms with Gasteiger partial charge in [0.1, 0.15) is 5.69 Å². The fourth-order valence-corrected chi connectivity index (χ4v) is 2.93. The van der Waals surface area contributed by atoms with Gasteiger partial charge in [0.15, 0.2) is 5.78 Å². The predicted molar refractivity (Wildman–Crippen MR) is 85.4 cm³/mol. The van der Waals surface area contributed by atoms with Gasteiger partial charge in [-0.25, -0.2) is 0 Å². The van der Waals surface area contributed by atoms with Gasteiger partial charge in [-0.05, 0) is 45.2 Å². The molecule has 1 aliphatic heterocycles. The van der Waals surface area contributed by atoms with Crippen molar-refractivity contribution in [3.05, 3.63) is 22.5 Å². The Morgan fingerprint density at radius 1 is 1.29 bits per heavy atom. The average molecular weight is 314 g/mol. The molecule has 2 atom stereocenters. The second-order valence-electron chi connectivity index (χ2n) is 5.73. The quantitative estimate of drug-likeness (QED) is 0.747. The molecule has 5 nitrogen and oxygen atoms in total. The minimum atomic E-state index is -0.126. The summed E-state index contributed by atoms with van der Waals surface area (Å²) in [7, 11) is 0. The van der Waals surface area contributed by atoms with E-state index in [1.807, 2.05) is 13.8 Å². The number of halogens is 1. The van der Waals surface area contributed by atoms with Crippen molar-refractivity contribution < 1.29 is 9.59 Å². The predicted octanol–water partition coefficient (Wildman–Crippen LogP) is 1.98.